The molecule has 0 N–H and O–H groups in total. The van der Waals surface area contributed by atoms with Crippen LogP contribution in [0.5, 0.6) is 0 Å². The lowest BCUT2D eigenvalue weighted by atomic mass is 10.1. The van der Waals surface area contributed by atoms with Crippen LogP contribution in [0.3, 0.4) is 0 Å². The minimum atomic E-state index is -0.345. The zero-order valence-electron chi connectivity index (χ0n) is 21.6. The van der Waals surface area contributed by atoms with E-state index in [4.69, 9.17) is 33.2 Å². The van der Waals surface area contributed by atoms with Crippen molar-refractivity contribution in [3.63, 3.8) is 0 Å². The van der Waals surface area contributed by atoms with Gasteiger partial charge in [0.25, 0.3) is 0 Å². The predicted molar refractivity (Wildman–Crippen MR) is 135 cm³/mol. The van der Waals surface area contributed by atoms with E-state index in [0.29, 0.717) is 78.2 Å². The van der Waals surface area contributed by atoms with Crippen molar-refractivity contribution in [2.45, 2.75) is 45.4 Å². The Morgan fingerprint density at radius 3 is 1.40 bits per heavy atom. The smallest absolute Gasteiger partial charge is 0.338 e. The molecule has 0 heterocycles. The van der Waals surface area contributed by atoms with E-state index in [2.05, 4.69) is 6.92 Å². The van der Waals surface area contributed by atoms with Gasteiger partial charge in [-0.25, -0.2) is 4.79 Å². The van der Waals surface area contributed by atoms with Crippen LogP contribution in [0.2, 0.25) is 0 Å². The number of rotatable bonds is 26. The maximum absolute atomic E-state index is 11.7. The molecule has 0 saturated carbocycles. The van der Waals surface area contributed by atoms with Gasteiger partial charge in [-0.1, -0.05) is 57.2 Å². The van der Waals surface area contributed by atoms with Crippen LogP contribution in [0.15, 0.2) is 30.3 Å². The van der Waals surface area contributed by atoms with Crippen molar-refractivity contribution in [3.8, 4) is 0 Å². The monoisotopic (exact) mass is 498 g/mol. The summed E-state index contributed by atoms with van der Waals surface area (Å²) in [6.07, 6.45) is 7.68. The molecule has 0 aliphatic heterocycles. The topological polar surface area (TPSA) is 81.7 Å². The Morgan fingerprint density at radius 1 is 0.514 bits per heavy atom. The highest BCUT2D eigenvalue weighted by molar-refractivity contribution is 5.89. The lowest BCUT2D eigenvalue weighted by Crippen LogP contribution is -2.15. The second-order valence-corrected chi connectivity index (χ2v) is 7.94. The molecule has 0 fully saturated rings. The van der Waals surface area contributed by atoms with E-state index >= 15 is 0 Å². The molecule has 1 rings (SSSR count). The van der Waals surface area contributed by atoms with Crippen LogP contribution in [0.4, 0.5) is 0 Å². The number of carbonyl (C=O) groups is 1. The van der Waals surface area contributed by atoms with E-state index in [1.165, 1.54) is 32.1 Å². The van der Waals surface area contributed by atoms with Gasteiger partial charge in [-0.05, 0) is 18.6 Å². The molecule has 0 aliphatic rings. The van der Waals surface area contributed by atoms with Crippen LogP contribution in [0, 0.1) is 0 Å². The molecular formula is C27H46O8. The Kier molecular flexibility index (Phi) is 23.0. The van der Waals surface area contributed by atoms with Crippen LogP contribution >= 0.6 is 0 Å². The van der Waals surface area contributed by atoms with Gasteiger partial charge in [0.1, 0.15) is 6.61 Å². The van der Waals surface area contributed by atoms with E-state index < -0.39 is 0 Å². The van der Waals surface area contributed by atoms with Crippen molar-refractivity contribution >= 4 is 5.97 Å². The SMILES string of the molecule is CCCCCCCCOCCOCCOCCOCCOCCOCCOC(=O)c1ccccc1. The number of unbranched alkanes of at least 4 members (excludes halogenated alkanes) is 5. The summed E-state index contributed by atoms with van der Waals surface area (Å²) in [5.41, 5.74) is 0.536. The number of esters is 1. The average Bonchev–Trinajstić information content (AvgIpc) is 2.89. The molecule has 0 aromatic heterocycles. The lowest BCUT2D eigenvalue weighted by molar-refractivity contribution is -0.0194. The van der Waals surface area contributed by atoms with Crippen LogP contribution in [-0.4, -0.2) is 91.9 Å². The molecule has 0 radical (unpaired) electrons. The van der Waals surface area contributed by atoms with E-state index in [-0.39, 0.29) is 12.6 Å². The van der Waals surface area contributed by atoms with E-state index in [1.807, 2.05) is 6.07 Å². The molecule has 0 amide bonds. The van der Waals surface area contributed by atoms with Gasteiger partial charge < -0.3 is 33.2 Å². The molecule has 0 aliphatic carbocycles. The van der Waals surface area contributed by atoms with E-state index in [1.54, 1.807) is 24.3 Å². The molecule has 0 spiro atoms. The highest BCUT2D eigenvalue weighted by atomic mass is 16.6. The summed E-state index contributed by atoms with van der Waals surface area (Å²) in [4.78, 5) is 11.7. The Hall–Kier alpha value is -1.55. The quantitative estimate of drug-likeness (QED) is 0.138. The Morgan fingerprint density at radius 2 is 0.914 bits per heavy atom. The number of benzene rings is 1. The van der Waals surface area contributed by atoms with Gasteiger partial charge >= 0.3 is 5.97 Å². The summed E-state index contributed by atoms with van der Waals surface area (Å²) >= 11 is 0. The van der Waals surface area contributed by atoms with Gasteiger partial charge in [0.15, 0.2) is 0 Å². The normalized spacial score (nSPS) is 11.1. The Labute approximate surface area is 211 Å². The van der Waals surface area contributed by atoms with Crippen LogP contribution in [-0.2, 0) is 33.2 Å². The summed E-state index contributed by atoms with van der Waals surface area (Å²) in [7, 11) is 0. The number of hydrogen-bond acceptors (Lipinski definition) is 8. The fourth-order valence-corrected chi connectivity index (χ4v) is 3.04. The molecule has 1 aromatic rings. The van der Waals surface area contributed by atoms with Crippen LogP contribution < -0.4 is 0 Å². The van der Waals surface area contributed by atoms with Gasteiger partial charge in [-0.3, -0.25) is 0 Å². The maximum Gasteiger partial charge on any atom is 0.338 e. The fraction of sp³-hybridized carbons (Fsp3) is 0.741. The molecule has 0 bridgehead atoms. The summed E-state index contributed by atoms with van der Waals surface area (Å²) in [5.74, 6) is -0.345. The summed E-state index contributed by atoms with van der Waals surface area (Å²) in [6, 6.07) is 8.89. The lowest BCUT2D eigenvalue weighted by Gasteiger charge is -2.08. The van der Waals surface area contributed by atoms with Crippen molar-refractivity contribution < 1.29 is 38.0 Å². The summed E-state index contributed by atoms with van der Waals surface area (Å²) in [5, 5.41) is 0. The molecule has 35 heavy (non-hydrogen) atoms. The average molecular weight is 499 g/mol. The molecule has 0 atom stereocenters. The summed E-state index contributed by atoms with van der Waals surface area (Å²) in [6.45, 7) is 8.94. The third-order valence-corrected chi connectivity index (χ3v) is 4.97. The second-order valence-electron chi connectivity index (χ2n) is 7.94. The third kappa shape index (κ3) is 21.5. The first-order valence-corrected chi connectivity index (χ1v) is 13.0. The summed E-state index contributed by atoms with van der Waals surface area (Å²) < 4.78 is 37.9. The Balaban J connectivity index is 1.67. The first kappa shape index (κ1) is 31.5. The molecule has 0 saturated heterocycles. The van der Waals surface area contributed by atoms with Crippen molar-refractivity contribution in [2.24, 2.45) is 0 Å². The van der Waals surface area contributed by atoms with E-state index in [0.717, 1.165) is 13.0 Å². The highest BCUT2D eigenvalue weighted by Crippen LogP contribution is 2.04. The highest BCUT2D eigenvalue weighted by Gasteiger charge is 2.05. The standard InChI is InChI=1S/C27H46O8/c1-2-3-4-5-6-10-13-29-14-15-30-16-17-31-18-19-32-20-21-33-22-23-34-24-25-35-27(28)26-11-8-7-9-12-26/h7-9,11-12H,2-6,10,13-25H2,1H3. The van der Waals surface area contributed by atoms with Gasteiger partial charge in [0.2, 0.25) is 0 Å². The number of hydrogen-bond donors (Lipinski definition) is 0. The second kappa shape index (κ2) is 25.5. The largest absolute Gasteiger partial charge is 0.460 e. The molecule has 202 valence electrons. The minimum absolute atomic E-state index is 0.217. The van der Waals surface area contributed by atoms with Gasteiger partial charge in [0.05, 0.1) is 78.2 Å². The number of ether oxygens (including phenoxy) is 7. The van der Waals surface area contributed by atoms with Crippen molar-refractivity contribution in [1.29, 1.82) is 0 Å². The maximum atomic E-state index is 11.7. The molecular weight excluding hydrogens is 452 g/mol. The van der Waals surface area contributed by atoms with Gasteiger partial charge in [-0.15, -0.1) is 0 Å². The zero-order chi connectivity index (χ0) is 25.1. The molecule has 1 aromatic carbocycles. The van der Waals surface area contributed by atoms with Crippen LogP contribution in [0.1, 0.15) is 55.8 Å². The van der Waals surface area contributed by atoms with Crippen molar-refractivity contribution in [2.75, 3.05) is 85.9 Å². The Bertz CT molecular complexity index is 570. The van der Waals surface area contributed by atoms with Crippen LogP contribution in [0.25, 0.3) is 0 Å². The predicted octanol–water partition coefficient (Wildman–Crippen LogP) is 4.30. The van der Waals surface area contributed by atoms with Gasteiger partial charge in [-0.2, -0.15) is 0 Å². The molecule has 0 unspecified atom stereocenters. The minimum Gasteiger partial charge on any atom is -0.460 e. The first-order valence-electron chi connectivity index (χ1n) is 13.0. The molecule has 8 heteroatoms. The zero-order valence-corrected chi connectivity index (χ0v) is 21.6. The van der Waals surface area contributed by atoms with E-state index in [9.17, 15) is 4.79 Å². The van der Waals surface area contributed by atoms with Crippen molar-refractivity contribution in [1.82, 2.24) is 0 Å². The number of carbonyl (C=O) groups excluding carboxylic acids is 1. The van der Waals surface area contributed by atoms with Crippen molar-refractivity contribution in [3.05, 3.63) is 35.9 Å². The fourth-order valence-electron chi connectivity index (χ4n) is 3.04. The molecule has 8 nitrogen and oxygen atoms in total. The third-order valence-electron chi connectivity index (χ3n) is 4.97. The first-order chi connectivity index (χ1) is 17.3. The van der Waals surface area contributed by atoms with Gasteiger partial charge in [0, 0.05) is 6.61 Å².